The van der Waals surface area contributed by atoms with Gasteiger partial charge in [0, 0.05) is 18.3 Å². The summed E-state index contributed by atoms with van der Waals surface area (Å²) in [5.74, 6) is 0.0588. The van der Waals surface area contributed by atoms with Gasteiger partial charge in [0.15, 0.2) is 0 Å². The van der Waals surface area contributed by atoms with Crippen LogP contribution in [0.25, 0.3) is 0 Å². The lowest BCUT2D eigenvalue weighted by atomic mass is 10.0. The average molecular weight is 368 g/mol. The summed E-state index contributed by atoms with van der Waals surface area (Å²) in [6.07, 6.45) is 7.82. The minimum absolute atomic E-state index is 0.251. The van der Waals surface area contributed by atoms with Crippen LogP contribution in [0.4, 0.5) is 11.5 Å². The van der Waals surface area contributed by atoms with Gasteiger partial charge in [0.2, 0.25) is 0 Å². The summed E-state index contributed by atoms with van der Waals surface area (Å²) in [5.41, 5.74) is 1.24. The van der Waals surface area contributed by atoms with Gasteiger partial charge in [0.1, 0.15) is 11.5 Å². The summed E-state index contributed by atoms with van der Waals surface area (Å²) in [6, 6.07) is 6.97. The summed E-state index contributed by atoms with van der Waals surface area (Å²) >= 11 is 0. The van der Waals surface area contributed by atoms with Gasteiger partial charge in [-0.25, -0.2) is 14.8 Å². The van der Waals surface area contributed by atoms with Crippen molar-refractivity contribution in [1.29, 1.82) is 0 Å². The molecule has 7 nitrogen and oxygen atoms in total. The number of benzene rings is 1. The van der Waals surface area contributed by atoms with E-state index >= 15 is 0 Å². The summed E-state index contributed by atoms with van der Waals surface area (Å²) in [4.78, 5) is 34.8. The Morgan fingerprint density at radius 1 is 1.19 bits per heavy atom. The first-order valence-electron chi connectivity index (χ1n) is 9.20. The van der Waals surface area contributed by atoms with E-state index < -0.39 is 5.97 Å². The van der Waals surface area contributed by atoms with Crippen molar-refractivity contribution in [2.24, 2.45) is 0 Å². The topological polar surface area (TPSA) is 84.4 Å². The van der Waals surface area contributed by atoms with E-state index in [4.69, 9.17) is 0 Å². The molecule has 1 unspecified atom stereocenters. The number of hydrogen-bond acceptors (Lipinski definition) is 6. The molecule has 0 aliphatic carbocycles. The Morgan fingerprint density at radius 2 is 1.96 bits per heavy atom. The number of amides is 1. The smallest absolute Gasteiger partial charge is 0.337 e. The van der Waals surface area contributed by atoms with Gasteiger partial charge in [-0.15, -0.1) is 0 Å². The average Bonchev–Trinajstić information content (AvgIpc) is 2.73. The maximum absolute atomic E-state index is 12.4. The van der Waals surface area contributed by atoms with Gasteiger partial charge in [-0.05, 0) is 49.9 Å². The standard InChI is InChI=1S/C20H24N4O3/c1-3-16-6-4-5-11-24(16)18-13-21-17(12-22-18)19(25)23-15-9-7-14(8-10-15)20(26)27-2/h7-10,12-13,16H,3-6,11H2,1-2H3,(H,23,25). The van der Waals surface area contributed by atoms with E-state index in [1.165, 1.54) is 26.1 Å². The third-order valence-corrected chi connectivity index (χ3v) is 4.83. The third-order valence-electron chi connectivity index (χ3n) is 4.83. The van der Waals surface area contributed by atoms with Crippen LogP contribution < -0.4 is 10.2 Å². The van der Waals surface area contributed by atoms with Crippen LogP contribution in [-0.4, -0.2) is 41.5 Å². The minimum Gasteiger partial charge on any atom is -0.465 e. The molecule has 1 atom stereocenters. The highest BCUT2D eigenvalue weighted by Crippen LogP contribution is 2.24. The summed E-state index contributed by atoms with van der Waals surface area (Å²) in [7, 11) is 1.33. The molecule has 2 heterocycles. The fraction of sp³-hybridized carbons (Fsp3) is 0.400. The van der Waals surface area contributed by atoms with Crippen LogP contribution in [0.3, 0.4) is 0 Å². The highest BCUT2D eigenvalue weighted by atomic mass is 16.5. The fourth-order valence-electron chi connectivity index (χ4n) is 3.32. The molecule has 1 amide bonds. The molecule has 1 saturated heterocycles. The molecular formula is C20H24N4O3. The number of anilines is 2. The molecule has 7 heteroatoms. The fourth-order valence-corrected chi connectivity index (χ4v) is 3.32. The quantitative estimate of drug-likeness (QED) is 0.815. The summed E-state index contributed by atoms with van der Waals surface area (Å²) < 4.78 is 4.65. The van der Waals surface area contributed by atoms with E-state index in [9.17, 15) is 9.59 Å². The second-order valence-electron chi connectivity index (χ2n) is 6.53. The normalized spacial score (nSPS) is 16.7. The van der Waals surface area contributed by atoms with Gasteiger partial charge in [0.25, 0.3) is 5.91 Å². The van der Waals surface area contributed by atoms with Gasteiger partial charge >= 0.3 is 5.97 Å². The molecule has 1 aromatic heterocycles. The predicted molar refractivity (Wildman–Crippen MR) is 103 cm³/mol. The molecular weight excluding hydrogens is 344 g/mol. The predicted octanol–water partition coefficient (Wildman–Crippen LogP) is 3.28. The lowest BCUT2D eigenvalue weighted by Crippen LogP contribution is -2.39. The molecule has 0 saturated carbocycles. The number of nitrogens with zero attached hydrogens (tertiary/aromatic N) is 3. The number of esters is 1. The van der Waals surface area contributed by atoms with Crippen LogP contribution in [0.2, 0.25) is 0 Å². The zero-order chi connectivity index (χ0) is 19.2. The first-order valence-corrected chi connectivity index (χ1v) is 9.20. The number of carbonyl (C=O) groups excluding carboxylic acids is 2. The van der Waals surface area contributed by atoms with Crippen LogP contribution >= 0.6 is 0 Å². The molecule has 0 radical (unpaired) electrons. The minimum atomic E-state index is -0.419. The number of hydrogen-bond donors (Lipinski definition) is 1. The zero-order valence-electron chi connectivity index (χ0n) is 15.6. The Labute approximate surface area is 158 Å². The van der Waals surface area contributed by atoms with Crippen LogP contribution in [0.5, 0.6) is 0 Å². The molecule has 1 N–H and O–H groups in total. The van der Waals surface area contributed by atoms with E-state index in [2.05, 4.69) is 31.8 Å². The van der Waals surface area contributed by atoms with E-state index in [0.717, 1.165) is 25.2 Å². The maximum atomic E-state index is 12.4. The van der Waals surface area contributed by atoms with Crippen LogP contribution in [0.15, 0.2) is 36.7 Å². The van der Waals surface area contributed by atoms with E-state index in [1.54, 1.807) is 30.5 Å². The molecule has 1 aliphatic heterocycles. The third kappa shape index (κ3) is 4.42. The van der Waals surface area contributed by atoms with Gasteiger partial charge in [-0.1, -0.05) is 6.92 Å². The Hall–Kier alpha value is -2.96. The van der Waals surface area contributed by atoms with Crippen molar-refractivity contribution in [3.8, 4) is 0 Å². The largest absolute Gasteiger partial charge is 0.465 e. The molecule has 3 rings (SSSR count). The van der Waals surface area contributed by atoms with E-state index in [1.807, 2.05) is 0 Å². The number of rotatable bonds is 5. The Bertz CT molecular complexity index is 790. The van der Waals surface area contributed by atoms with E-state index in [-0.39, 0.29) is 11.6 Å². The second kappa shape index (κ2) is 8.62. The van der Waals surface area contributed by atoms with Crippen molar-refractivity contribution < 1.29 is 14.3 Å². The Balaban J connectivity index is 1.66. The van der Waals surface area contributed by atoms with Gasteiger partial charge in [-0.3, -0.25) is 4.79 Å². The monoisotopic (exact) mass is 368 g/mol. The summed E-state index contributed by atoms with van der Waals surface area (Å²) in [6.45, 7) is 3.16. The molecule has 142 valence electrons. The van der Waals surface area contributed by atoms with Crippen molar-refractivity contribution in [2.75, 3.05) is 23.9 Å². The lowest BCUT2D eigenvalue weighted by Gasteiger charge is -2.35. The van der Waals surface area contributed by atoms with Crippen molar-refractivity contribution in [1.82, 2.24) is 9.97 Å². The number of piperidine rings is 1. The first kappa shape index (κ1) is 18.8. The number of aromatic nitrogens is 2. The van der Waals surface area contributed by atoms with Gasteiger partial charge in [0.05, 0.1) is 25.1 Å². The molecule has 0 bridgehead atoms. The molecule has 27 heavy (non-hydrogen) atoms. The van der Waals surface area contributed by atoms with Crippen molar-refractivity contribution in [3.05, 3.63) is 47.9 Å². The highest BCUT2D eigenvalue weighted by Gasteiger charge is 2.22. The summed E-state index contributed by atoms with van der Waals surface area (Å²) in [5, 5.41) is 2.75. The molecule has 2 aromatic rings. The number of carbonyl (C=O) groups is 2. The number of methoxy groups -OCH3 is 1. The van der Waals surface area contributed by atoms with Crippen molar-refractivity contribution in [3.63, 3.8) is 0 Å². The molecule has 0 spiro atoms. The van der Waals surface area contributed by atoms with E-state index in [0.29, 0.717) is 17.3 Å². The van der Waals surface area contributed by atoms with Crippen LogP contribution in [0.1, 0.15) is 53.5 Å². The highest BCUT2D eigenvalue weighted by molar-refractivity contribution is 6.03. The zero-order valence-corrected chi connectivity index (χ0v) is 15.6. The SMILES string of the molecule is CCC1CCCCN1c1cnc(C(=O)Nc2ccc(C(=O)OC)cc2)cn1. The molecule has 1 aromatic carbocycles. The molecule has 1 aliphatic rings. The second-order valence-corrected chi connectivity index (χ2v) is 6.53. The van der Waals surface area contributed by atoms with Gasteiger partial charge < -0.3 is 15.0 Å². The van der Waals surface area contributed by atoms with Crippen LogP contribution in [0, 0.1) is 0 Å². The number of nitrogens with one attached hydrogen (secondary N) is 1. The Kier molecular flexibility index (Phi) is 6.01. The number of ether oxygens (including phenoxy) is 1. The Morgan fingerprint density at radius 3 is 2.59 bits per heavy atom. The molecule has 1 fully saturated rings. The lowest BCUT2D eigenvalue weighted by molar-refractivity contribution is 0.0600. The van der Waals surface area contributed by atoms with Crippen LogP contribution in [-0.2, 0) is 4.74 Å². The van der Waals surface area contributed by atoms with Crippen molar-refractivity contribution in [2.45, 2.75) is 38.6 Å². The maximum Gasteiger partial charge on any atom is 0.337 e. The van der Waals surface area contributed by atoms with Gasteiger partial charge in [-0.2, -0.15) is 0 Å². The first-order chi connectivity index (χ1) is 13.1. The van der Waals surface area contributed by atoms with Crippen molar-refractivity contribution >= 4 is 23.4 Å².